The van der Waals surface area contributed by atoms with E-state index >= 15 is 0 Å². The Kier molecular flexibility index (Phi) is 7.33. The molecule has 0 amide bonds. The maximum absolute atomic E-state index is 10.5. The van der Waals surface area contributed by atoms with Crippen molar-refractivity contribution in [3.63, 3.8) is 0 Å². The summed E-state index contributed by atoms with van der Waals surface area (Å²) >= 11 is 0. The maximum atomic E-state index is 10.5. The van der Waals surface area contributed by atoms with Gasteiger partial charge in [-0.1, -0.05) is 51.9 Å². The van der Waals surface area contributed by atoms with E-state index in [1.54, 1.807) is 0 Å². The molecule has 182 valence electrons. The second kappa shape index (κ2) is 9.09. The van der Waals surface area contributed by atoms with Crippen molar-refractivity contribution >= 4 is 8.32 Å². The van der Waals surface area contributed by atoms with E-state index in [2.05, 4.69) is 64.3 Å². The molecule has 1 N–H and O–H groups in total. The largest absolute Gasteiger partial charge is 0.414 e. The average molecular weight is 462 g/mol. The van der Waals surface area contributed by atoms with Crippen molar-refractivity contribution in [3.05, 3.63) is 22.6 Å². The van der Waals surface area contributed by atoms with Gasteiger partial charge in [-0.25, -0.2) is 0 Å². The van der Waals surface area contributed by atoms with E-state index in [9.17, 15) is 5.11 Å². The second-order valence-corrected chi connectivity index (χ2v) is 17.8. The first-order valence-electron chi connectivity index (χ1n) is 12.8. The highest BCUT2D eigenvalue weighted by Crippen LogP contribution is 2.63. The van der Waals surface area contributed by atoms with Gasteiger partial charge in [-0.05, 0) is 103 Å². The van der Waals surface area contributed by atoms with Crippen molar-refractivity contribution in [1.29, 1.82) is 0 Å². The summed E-state index contributed by atoms with van der Waals surface area (Å²) in [6.45, 7) is 21.6. The standard InChI is InChI=1S/C26H47N3O2Si/c1-18-9-10-22-21(16-28-29-27)23(12-14-25(18,22)5)26(6)13-11-20(15-19(26)17-30)31-32(7,8)24(2,3)4/h19-23,30H,1,9-17H2,2-8H3/t19-,20+,21+,22?,23?,25-,26+/m1/s1. The Hall–Kier alpha value is -0.813. The van der Waals surface area contributed by atoms with Gasteiger partial charge in [0.25, 0.3) is 0 Å². The molecule has 6 heteroatoms. The molecule has 3 aliphatic carbocycles. The van der Waals surface area contributed by atoms with Crippen molar-refractivity contribution in [2.24, 2.45) is 39.6 Å². The molecule has 0 aliphatic heterocycles. The zero-order chi connectivity index (χ0) is 23.9. The maximum Gasteiger partial charge on any atom is 0.192 e. The Balaban J connectivity index is 1.84. The van der Waals surface area contributed by atoms with E-state index in [0.717, 1.165) is 38.5 Å². The highest BCUT2D eigenvalue weighted by atomic mass is 28.4. The SMILES string of the molecule is C=C1CCC2[C@H](CN=[N+]=[N-])C([C@@]3(C)CC[C@H](O[Si](C)(C)C(C)(C)C)C[C@@H]3CO)CC[C@]12C. The molecule has 0 aromatic rings. The van der Waals surface area contributed by atoms with E-state index in [1.165, 1.54) is 12.0 Å². The van der Waals surface area contributed by atoms with Crippen LogP contribution in [-0.2, 0) is 4.43 Å². The van der Waals surface area contributed by atoms with Crippen LogP contribution in [0.15, 0.2) is 17.3 Å². The molecule has 3 fully saturated rings. The molecule has 5 nitrogen and oxygen atoms in total. The van der Waals surface area contributed by atoms with Gasteiger partial charge in [-0.15, -0.1) is 0 Å². The number of fused-ring (bicyclic) bond motifs is 1. The fraction of sp³-hybridized carbons (Fsp3) is 0.923. The van der Waals surface area contributed by atoms with E-state index in [4.69, 9.17) is 9.96 Å². The third-order valence-electron chi connectivity index (χ3n) is 10.6. The molecular weight excluding hydrogens is 414 g/mol. The van der Waals surface area contributed by atoms with E-state index in [1.807, 2.05) is 0 Å². The molecule has 3 rings (SSSR count). The predicted octanol–water partition coefficient (Wildman–Crippen LogP) is 7.48. The van der Waals surface area contributed by atoms with Crippen molar-refractivity contribution in [3.8, 4) is 0 Å². The third-order valence-corrected chi connectivity index (χ3v) is 15.1. The summed E-state index contributed by atoms with van der Waals surface area (Å²) in [6.07, 6.45) is 7.91. The minimum absolute atomic E-state index is 0.0585. The minimum atomic E-state index is -1.83. The molecule has 0 saturated heterocycles. The quantitative estimate of drug-likeness (QED) is 0.146. The molecule has 3 saturated carbocycles. The van der Waals surface area contributed by atoms with Gasteiger partial charge in [-0.2, -0.15) is 0 Å². The number of aliphatic hydroxyl groups is 1. The normalized spacial score (nSPS) is 40.6. The van der Waals surface area contributed by atoms with Crippen LogP contribution in [0.2, 0.25) is 18.1 Å². The summed E-state index contributed by atoms with van der Waals surface area (Å²) in [5.74, 6) is 1.62. The summed E-state index contributed by atoms with van der Waals surface area (Å²) in [5, 5.41) is 14.8. The van der Waals surface area contributed by atoms with Crippen molar-refractivity contribution in [2.75, 3.05) is 13.2 Å². The Bertz CT molecular complexity index is 757. The zero-order valence-corrected chi connectivity index (χ0v) is 22.7. The Morgan fingerprint density at radius 3 is 2.47 bits per heavy atom. The highest BCUT2D eigenvalue weighted by molar-refractivity contribution is 6.74. The monoisotopic (exact) mass is 461 g/mol. The van der Waals surface area contributed by atoms with Gasteiger partial charge in [-0.3, -0.25) is 0 Å². The molecule has 0 aromatic heterocycles. The zero-order valence-electron chi connectivity index (χ0n) is 21.7. The molecule has 0 aromatic carbocycles. The first-order chi connectivity index (χ1) is 14.8. The summed E-state index contributed by atoms with van der Waals surface area (Å²) in [7, 11) is -1.83. The van der Waals surface area contributed by atoms with Crippen LogP contribution in [0.3, 0.4) is 0 Å². The van der Waals surface area contributed by atoms with Crippen LogP contribution in [0.1, 0.15) is 79.6 Å². The van der Waals surface area contributed by atoms with Crippen LogP contribution >= 0.6 is 0 Å². The molecule has 32 heavy (non-hydrogen) atoms. The van der Waals surface area contributed by atoms with Crippen LogP contribution in [0, 0.1) is 34.5 Å². The molecular formula is C26H47N3O2Si. The van der Waals surface area contributed by atoms with E-state index in [-0.39, 0.29) is 34.5 Å². The van der Waals surface area contributed by atoms with Crippen molar-refractivity contribution in [1.82, 2.24) is 0 Å². The summed E-state index contributed by atoms with van der Waals surface area (Å²) in [6, 6.07) is 0. The Morgan fingerprint density at radius 2 is 1.88 bits per heavy atom. The van der Waals surface area contributed by atoms with E-state index < -0.39 is 8.32 Å². The van der Waals surface area contributed by atoms with E-state index in [0.29, 0.717) is 24.3 Å². The minimum Gasteiger partial charge on any atom is -0.414 e. The molecule has 0 heterocycles. The molecule has 0 bridgehead atoms. The molecule has 7 atom stereocenters. The fourth-order valence-electron chi connectivity index (χ4n) is 7.25. The molecule has 0 spiro atoms. The third kappa shape index (κ3) is 4.45. The van der Waals surface area contributed by atoms with Crippen molar-refractivity contribution < 1.29 is 9.53 Å². The van der Waals surface area contributed by atoms with Gasteiger partial charge in [0.2, 0.25) is 0 Å². The summed E-state index contributed by atoms with van der Waals surface area (Å²) < 4.78 is 6.80. The lowest BCUT2D eigenvalue weighted by molar-refractivity contribution is -0.0894. The van der Waals surface area contributed by atoms with Crippen molar-refractivity contribution in [2.45, 2.75) is 104 Å². The van der Waals surface area contributed by atoms with Crippen LogP contribution in [0.4, 0.5) is 0 Å². The fourth-order valence-corrected chi connectivity index (χ4v) is 8.65. The Labute approximate surface area is 197 Å². The number of azide groups is 1. The topological polar surface area (TPSA) is 78.2 Å². The number of nitrogens with zero attached hydrogens (tertiary/aromatic N) is 3. The highest BCUT2D eigenvalue weighted by Gasteiger charge is 2.56. The smallest absolute Gasteiger partial charge is 0.192 e. The Morgan fingerprint density at radius 1 is 1.19 bits per heavy atom. The van der Waals surface area contributed by atoms with Gasteiger partial charge in [0.1, 0.15) is 0 Å². The lowest BCUT2D eigenvalue weighted by Gasteiger charge is -2.57. The number of rotatable bonds is 6. The molecule has 0 radical (unpaired) electrons. The van der Waals surface area contributed by atoms with Gasteiger partial charge in [0.05, 0.1) is 0 Å². The number of hydrogen-bond acceptors (Lipinski definition) is 3. The average Bonchev–Trinajstić information content (AvgIpc) is 3.01. The lowest BCUT2D eigenvalue weighted by Crippen LogP contribution is -2.53. The van der Waals surface area contributed by atoms with Gasteiger partial charge in [0, 0.05) is 24.2 Å². The first kappa shape index (κ1) is 25.8. The van der Waals surface area contributed by atoms with Gasteiger partial charge < -0.3 is 9.53 Å². The van der Waals surface area contributed by atoms with Gasteiger partial charge >= 0.3 is 0 Å². The van der Waals surface area contributed by atoms with Crippen LogP contribution in [-0.4, -0.2) is 32.7 Å². The number of hydrogen-bond donors (Lipinski definition) is 1. The summed E-state index contributed by atoms with van der Waals surface area (Å²) in [4.78, 5) is 3.14. The molecule has 2 unspecified atom stereocenters. The lowest BCUT2D eigenvalue weighted by atomic mass is 9.49. The van der Waals surface area contributed by atoms with Gasteiger partial charge in [0.15, 0.2) is 8.32 Å². The van der Waals surface area contributed by atoms with Crippen LogP contribution in [0.25, 0.3) is 10.4 Å². The second-order valence-electron chi connectivity index (χ2n) is 13.0. The number of aliphatic hydroxyl groups excluding tert-OH is 1. The summed E-state index contributed by atoms with van der Waals surface area (Å²) in [5.41, 5.74) is 10.7. The first-order valence-corrected chi connectivity index (χ1v) is 15.7. The van der Waals surface area contributed by atoms with Crippen LogP contribution < -0.4 is 0 Å². The molecule has 3 aliphatic rings. The predicted molar refractivity (Wildman–Crippen MR) is 135 cm³/mol. The number of allylic oxidation sites excluding steroid dienone is 1. The van der Waals surface area contributed by atoms with Crippen LogP contribution in [0.5, 0.6) is 0 Å².